The number of rotatable bonds is 3. The number of hydrogen-bond donors (Lipinski definition) is 0. The molecule has 0 fully saturated rings. The standard InChI is InChI=1S/C14H20/c1-5-11(2)9-10-14-12(3)7-6-8-13(14)4/h6-11H,5H2,1-4H3/b10-9-. The van der Waals surface area contributed by atoms with E-state index in [0.29, 0.717) is 5.92 Å². The van der Waals surface area contributed by atoms with Gasteiger partial charge in [-0.25, -0.2) is 0 Å². The molecule has 1 atom stereocenters. The third-order valence-electron chi connectivity index (χ3n) is 2.78. The Morgan fingerprint density at radius 2 is 1.79 bits per heavy atom. The van der Waals surface area contributed by atoms with E-state index in [1.54, 1.807) is 0 Å². The van der Waals surface area contributed by atoms with E-state index in [9.17, 15) is 0 Å². The first-order chi connectivity index (χ1) is 6.65. The Kier molecular flexibility index (Phi) is 3.94. The highest BCUT2D eigenvalue weighted by atomic mass is 14.0. The molecule has 0 heterocycles. The summed E-state index contributed by atoms with van der Waals surface area (Å²) >= 11 is 0. The summed E-state index contributed by atoms with van der Waals surface area (Å²) in [5.74, 6) is 0.675. The van der Waals surface area contributed by atoms with Crippen LogP contribution in [0.3, 0.4) is 0 Å². The maximum absolute atomic E-state index is 2.30. The highest BCUT2D eigenvalue weighted by Gasteiger charge is 1.98. The molecule has 0 aliphatic rings. The van der Waals surface area contributed by atoms with Gasteiger partial charge in [-0.15, -0.1) is 0 Å². The maximum atomic E-state index is 2.30. The van der Waals surface area contributed by atoms with E-state index < -0.39 is 0 Å². The van der Waals surface area contributed by atoms with Gasteiger partial charge >= 0.3 is 0 Å². The number of allylic oxidation sites excluding steroid dienone is 1. The van der Waals surface area contributed by atoms with Gasteiger partial charge in [0.05, 0.1) is 0 Å². The van der Waals surface area contributed by atoms with Crippen LogP contribution in [-0.2, 0) is 0 Å². The third kappa shape index (κ3) is 2.73. The van der Waals surface area contributed by atoms with Crippen LogP contribution in [0, 0.1) is 19.8 Å². The van der Waals surface area contributed by atoms with Crippen LogP contribution < -0.4 is 0 Å². The molecule has 1 aromatic rings. The van der Waals surface area contributed by atoms with Crippen molar-refractivity contribution in [2.24, 2.45) is 5.92 Å². The molecule has 0 saturated carbocycles. The molecule has 0 spiro atoms. The molecule has 0 heteroatoms. The van der Waals surface area contributed by atoms with Crippen LogP contribution in [0.15, 0.2) is 24.3 Å². The Morgan fingerprint density at radius 3 is 2.29 bits per heavy atom. The molecule has 0 bridgehead atoms. The van der Waals surface area contributed by atoms with Gasteiger partial charge in [-0.05, 0) is 36.5 Å². The van der Waals surface area contributed by atoms with Gasteiger partial charge in [0, 0.05) is 0 Å². The summed E-state index contributed by atoms with van der Waals surface area (Å²) in [5.41, 5.74) is 4.11. The Balaban J connectivity index is 2.91. The highest BCUT2D eigenvalue weighted by molar-refractivity contribution is 5.57. The van der Waals surface area contributed by atoms with Crippen molar-refractivity contribution in [1.82, 2.24) is 0 Å². The molecular weight excluding hydrogens is 168 g/mol. The Morgan fingerprint density at radius 1 is 1.21 bits per heavy atom. The van der Waals surface area contributed by atoms with E-state index in [2.05, 4.69) is 58.0 Å². The fourth-order valence-electron chi connectivity index (χ4n) is 1.49. The molecule has 0 saturated heterocycles. The Labute approximate surface area is 87.7 Å². The quantitative estimate of drug-likeness (QED) is 0.661. The van der Waals surface area contributed by atoms with Crippen LogP contribution in [0.2, 0.25) is 0 Å². The number of hydrogen-bond acceptors (Lipinski definition) is 0. The summed E-state index contributed by atoms with van der Waals surface area (Å²) in [6.07, 6.45) is 5.77. The maximum Gasteiger partial charge on any atom is -0.0201 e. The summed E-state index contributed by atoms with van der Waals surface area (Å²) in [6, 6.07) is 6.46. The summed E-state index contributed by atoms with van der Waals surface area (Å²) in [4.78, 5) is 0. The van der Waals surface area contributed by atoms with Crippen molar-refractivity contribution in [1.29, 1.82) is 0 Å². The summed E-state index contributed by atoms with van der Waals surface area (Å²) in [6.45, 7) is 8.82. The van der Waals surface area contributed by atoms with Crippen molar-refractivity contribution in [3.63, 3.8) is 0 Å². The number of benzene rings is 1. The molecular formula is C14H20. The fraction of sp³-hybridized carbons (Fsp3) is 0.429. The average Bonchev–Trinajstić information content (AvgIpc) is 2.16. The monoisotopic (exact) mass is 188 g/mol. The Bertz CT molecular complexity index is 301. The highest BCUT2D eigenvalue weighted by Crippen LogP contribution is 2.16. The molecule has 1 unspecified atom stereocenters. The molecule has 0 aliphatic carbocycles. The molecule has 0 aliphatic heterocycles. The van der Waals surface area contributed by atoms with E-state index in [4.69, 9.17) is 0 Å². The second kappa shape index (κ2) is 4.99. The molecule has 0 radical (unpaired) electrons. The van der Waals surface area contributed by atoms with E-state index >= 15 is 0 Å². The van der Waals surface area contributed by atoms with E-state index in [0.717, 1.165) is 0 Å². The van der Waals surface area contributed by atoms with E-state index in [1.165, 1.54) is 23.1 Å². The molecule has 0 aromatic heterocycles. The lowest BCUT2D eigenvalue weighted by molar-refractivity contribution is 0.701. The lowest BCUT2D eigenvalue weighted by Gasteiger charge is -2.05. The van der Waals surface area contributed by atoms with Crippen LogP contribution in [-0.4, -0.2) is 0 Å². The lowest BCUT2D eigenvalue weighted by atomic mass is 10.0. The van der Waals surface area contributed by atoms with Crippen molar-refractivity contribution < 1.29 is 0 Å². The zero-order chi connectivity index (χ0) is 10.6. The van der Waals surface area contributed by atoms with Gasteiger partial charge in [0.15, 0.2) is 0 Å². The zero-order valence-corrected chi connectivity index (χ0v) is 9.67. The van der Waals surface area contributed by atoms with Crippen LogP contribution in [0.5, 0.6) is 0 Å². The summed E-state index contributed by atoms with van der Waals surface area (Å²) in [5, 5.41) is 0. The largest absolute Gasteiger partial charge is 0.0811 e. The van der Waals surface area contributed by atoms with Gasteiger partial charge in [0.1, 0.15) is 0 Å². The predicted octanol–water partition coefficient (Wildman–Crippen LogP) is 4.36. The van der Waals surface area contributed by atoms with Crippen LogP contribution in [0.4, 0.5) is 0 Å². The zero-order valence-electron chi connectivity index (χ0n) is 9.67. The SMILES string of the molecule is CCC(C)/C=C\c1c(C)cccc1C. The van der Waals surface area contributed by atoms with Crippen molar-refractivity contribution in [2.75, 3.05) is 0 Å². The normalized spacial score (nSPS) is 13.4. The van der Waals surface area contributed by atoms with Crippen molar-refractivity contribution in [2.45, 2.75) is 34.1 Å². The van der Waals surface area contributed by atoms with Gasteiger partial charge in [0.2, 0.25) is 0 Å². The average molecular weight is 188 g/mol. The van der Waals surface area contributed by atoms with Gasteiger partial charge in [-0.3, -0.25) is 0 Å². The number of aryl methyl sites for hydroxylation is 2. The van der Waals surface area contributed by atoms with Crippen molar-refractivity contribution >= 4 is 6.08 Å². The first-order valence-corrected chi connectivity index (χ1v) is 5.39. The first kappa shape index (κ1) is 11.0. The predicted molar refractivity (Wildman–Crippen MR) is 64.4 cm³/mol. The molecule has 14 heavy (non-hydrogen) atoms. The van der Waals surface area contributed by atoms with Crippen LogP contribution >= 0.6 is 0 Å². The molecule has 0 nitrogen and oxygen atoms in total. The minimum absolute atomic E-state index is 0.675. The molecule has 1 rings (SSSR count). The topological polar surface area (TPSA) is 0 Å². The Hall–Kier alpha value is -1.04. The van der Waals surface area contributed by atoms with E-state index in [-0.39, 0.29) is 0 Å². The summed E-state index contributed by atoms with van der Waals surface area (Å²) < 4.78 is 0. The molecule has 76 valence electrons. The minimum atomic E-state index is 0.675. The molecule has 1 aromatic carbocycles. The lowest BCUT2D eigenvalue weighted by Crippen LogP contribution is -1.88. The second-order valence-corrected chi connectivity index (χ2v) is 4.05. The molecule has 0 amide bonds. The molecule has 0 N–H and O–H groups in total. The van der Waals surface area contributed by atoms with Crippen LogP contribution in [0.1, 0.15) is 37.0 Å². The first-order valence-electron chi connectivity index (χ1n) is 5.39. The fourth-order valence-corrected chi connectivity index (χ4v) is 1.49. The van der Waals surface area contributed by atoms with Gasteiger partial charge < -0.3 is 0 Å². The van der Waals surface area contributed by atoms with Crippen molar-refractivity contribution in [3.8, 4) is 0 Å². The minimum Gasteiger partial charge on any atom is -0.0811 e. The third-order valence-corrected chi connectivity index (χ3v) is 2.78. The van der Waals surface area contributed by atoms with Crippen LogP contribution in [0.25, 0.3) is 6.08 Å². The smallest absolute Gasteiger partial charge is 0.0201 e. The van der Waals surface area contributed by atoms with E-state index in [1.807, 2.05) is 0 Å². The van der Waals surface area contributed by atoms with Crippen molar-refractivity contribution in [3.05, 3.63) is 41.0 Å². The van der Waals surface area contributed by atoms with Gasteiger partial charge in [0.25, 0.3) is 0 Å². The second-order valence-electron chi connectivity index (χ2n) is 4.05. The van der Waals surface area contributed by atoms with Gasteiger partial charge in [-0.2, -0.15) is 0 Å². The van der Waals surface area contributed by atoms with Gasteiger partial charge in [-0.1, -0.05) is 50.6 Å². The summed E-state index contributed by atoms with van der Waals surface area (Å²) in [7, 11) is 0.